The third kappa shape index (κ3) is 4.93. The first-order valence-corrected chi connectivity index (χ1v) is 10.2. The summed E-state index contributed by atoms with van der Waals surface area (Å²) in [6, 6.07) is 5.78. The molecule has 0 atom stereocenters. The Morgan fingerprint density at radius 3 is 2.92 bits per heavy atom. The average molecular weight is 381 g/mol. The number of halogens is 1. The predicted octanol–water partition coefficient (Wildman–Crippen LogP) is 4.79. The molecule has 0 radical (unpaired) electrons. The normalized spacial score (nSPS) is 16.6. The lowest BCUT2D eigenvalue weighted by atomic mass is 9.86. The third-order valence-electron chi connectivity index (χ3n) is 4.88. The van der Waals surface area contributed by atoms with Crippen LogP contribution in [0, 0.1) is 5.92 Å². The highest BCUT2D eigenvalue weighted by molar-refractivity contribution is 7.16. The summed E-state index contributed by atoms with van der Waals surface area (Å²) in [6.07, 6.45) is 8.01. The molecule has 0 bridgehead atoms. The maximum Gasteiger partial charge on any atom is 0.248 e. The smallest absolute Gasteiger partial charge is 0.248 e. The number of carbonyl (C=O) groups excluding carboxylic acids is 1. The first-order chi connectivity index (χ1) is 12.2. The van der Waals surface area contributed by atoms with Crippen LogP contribution in [0.2, 0.25) is 5.02 Å². The summed E-state index contributed by atoms with van der Waals surface area (Å²) in [5.41, 5.74) is 1.05. The minimum absolute atomic E-state index is 0.0191. The zero-order valence-electron chi connectivity index (χ0n) is 14.7. The molecule has 1 heterocycles. The van der Waals surface area contributed by atoms with Crippen LogP contribution < -0.4 is 4.80 Å². The molecule has 4 nitrogen and oxygen atoms in total. The van der Waals surface area contributed by atoms with Crippen molar-refractivity contribution in [3.63, 3.8) is 0 Å². The summed E-state index contributed by atoms with van der Waals surface area (Å²) in [7, 11) is 1.68. The molecule has 1 saturated carbocycles. The lowest BCUT2D eigenvalue weighted by Gasteiger charge is -2.20. The summed E-state index contributed by atoms with van der Waals surface area (Å²) >= 11 is 7.61. The van der Waals surface area contributed by atoms with Crippen molar-refractivity contribution >= 4 is 39.1 Å². The maximum absolute atomic E-state index is 12.4. The van der Waals surface area contributed by atoms with E-state index in [9.17, 15) is 4.79 Å². The van der Waals surface area contributed by atoms with Gasteiger partial charge < -0.3 is 9.30 Å². The minimum Gasteiger partial charge on any atom is -0.383 e. The van der Waals surface area contributed by atoms with Crippen molar-refractivity contribution in [1.82, 2.24) is 4.57 Å². The number of ether oxygens (including phenoxy) is 1. The molecular weight excluding hydrogens is 356 g/mol. The molecule has 6 heteroatoms. The van der Waals surface area contributed by atoms with Crippen LogP contribution in [0.1, 0.15) is 44.9 Å². The van der Waals surface area contributed by atoms with E-state index in [1.807, 2.05) is 18.2 Å². The molecule has 1 aliphatic rings. The third-order valence-corrected chi connectivity index (χ3v) is 6.15. The first-order valence-electron chi connectivity index (χ1n) is 9.03. The number of rotatable bonds is 6. The van der Waals surface area contributed by atoms with E-state index < -0.39 is 0 Å². The summed E-state index contributed by atoms with van der Waals surface area (Å²) in [6.45, 7) is 1.25. The molecule has 1 amide bonds. The Bertz CT molecular complexity index is 790. The number of aromatic nitrogens is 1. The number of carbonyl (C=O) groups is 1. The Morgan fingerprint density at radius 1 is 1.36 bits per heavy atom. The Kier molecular flexibility index (Phi) is 6.68. The van der Waals surface area contributed by atoms with Crippen molar-refractivity contribution in [3.05, 3.63) is 28.0 Å². The number of thiazole rings is 1. The number of nitrogens with zero attached hydrogens (tertiary/aromatic N) is 2. The van der Waals surface area contributed by atoms with Gasteiger partial charge in [0.05, 0.1) is 16.8 Å². The summed E-state index contributed by atoms with van der Waals surface area (Å²) in [5, 5.41) is 0.697. The van der Waals surface area contributed by atoms with Crippen molar-refractivity contribution in [1.29, 1.82) is 0 Å². The van der Waals surface area contributed by atoms with Gasteiger partial charge in [0.15, 0.2) is 4.80 Å². The highest BCUT2D eigenvalue weighted by Crippen LogP contribution is 2.27. The number of hydrogen-bond acceptors (Lipinski definition) is 3. The van der Waals surface area contributed by atoms with Gasteiger partial charge in [-0.2, -0.15) is 4.99 Å². The maximum atomic E-state index is 12.4. The summed E-state index contributed by atoms with van der Waals surface area (Å²) < 4.78 is 8.30. The predicted molar refractivity (Wildman–Crippen MR) is 103 cm³/mol. The van der Waals surface area contributed by atoms with Crippen LogP contribution >= 0.6 is 22.9 Å². The van der Waals surface area contributed by atoms with Crippen molar-refractivity contribution in [3.8, 4) is 0 Å². The molecular formula is C19H25ClN2O2S. The monoisotopic (exact) mass is 380 g/mol. The first kappa shape index (κ1) is 18.6. The Morgan fingerprint density at radius 2 is 2.16 bits per heavy atom. The molecule has 1 aromatic carbocycles. The molecule has 3 rings (SSSR count). The van der Waals surface area contributed by atoms with E-state index in [1.165, 1.54) is 43.4 Å². The van der Waals surface area contributed by atoms with E-state index in [0.717, 1.165) is 21.4 Å². The summed E-state index contributed by atoms with van der Waals surface area (Å²) in [4.78, 5) is 17.5. The molecule has 0 N–H and O–H groups in total. The van der Waals surface area contributed by atoms with Gasteiger partial charge in [-0.15, -0.1) is 0 Å². The Labute approximate surface area is 157 Å². The van der Waals surface area contributed by atoms with E-state index in [0.29, 0.717) is 30.5 Å². The van der Waals surface area contributed by atoms with Crippen LogP contribution in [0.25, 0.3) is 10.2 Å². The number of amides is 1. The van der Waals surface area contributed by atoms with Gasteiger partial charge in [0.1, 0.15) is 0 Å². The summed E-state index contributed by atoms with van der Waals surface area (Å²) in [5.74, 6) is 0.684. The van der Waals surface area contributed by atoms with Gasteiger partial charge in [-0.05, 0) is 30.5 Å². The lowest BCUT2D eigenvalue weighted by molar-refractivity contribution is -0.118. The number of fused-ring (bicyclic) bond motifs is 1. The Balaban J connectivity index is 1.79. The molecule has 0 unspecified atom stereocenters. The fraction of sp³-hybridized carbons (Fsp3) is 0.579. The van der Waals surface area contributed by atoms with E-state index in [2.05, 4.69) is 9.56 Å². The Hall–Kier alpha value is -1.17. The number of hydrogen-bond donors (Lipinski definition) is 0. The highest BCUT2D eigenvalue weighted by Gasteiger charge is 2.15. The van der Waals surface area contributed by atoms with Gasteiger partial charge in [0, 0.05) is 25.1 Å². The topological polar surface area (TPSA) is 43.6 Å². The number of benzene rings is 1. The van der Waals surface area contributed by atoms with E-state index in [-0.39, 0.29) is 5.91 Å². The van der Waals surface area contributed by atoms with E-state index in [4.69, 9.17) is 16.3 Å². The van der Waals surface area contributed by atoms with Crippen molar-refractivity contribution in [2.45, 2.75) is 51.5 Å². The lowest BCUT2D eigenvalue weighted by Crippen LogP contribution is -2.19. The van der Waals surface area contributed by atoms with Crippen LogP contribution in [0.15, 0.2) is 23.2 Å². The zero-order chi connectivity index (χ0) is 17.6. The van der Waals surface area contributed by atoms with Gasteiger partial charge >= 0.3 is 0 Å². The molecule has 136 valence electrons. The SMILES string of the molecule is COCCn1c(=NC(=O)CCC2CCCCC2)sc2cc(Cl)ccc21. The standard InChI is InChI=1S/C19H25ClN2O2S/c1-24-12-11-22-16-9-8-15(20)13-17(16)25-19(22)21-18(23)10-7-14-5-3-2-4-6-14/h8-9,13-14H,2-7,10-12H2,1H3. The van der Waals surface area contributed by atoms with Gasteiger partial charge in [-0.1, -0.05) is 55.0 Å². The van der Waals surface area contributed by atoms with Crippen LogP contribution in [0.5, 0.6) is 0 Å². The molecule has 0 saturated heterocycles. The second-order valence-electron chi connectivity index (χ2n) is 6.69. The molecule has 25 heavy (non-hydrogen) atoms. The molecule has 0 spiro atoms. The highest BCUT2D eigenvalue weighted by atomic mass is 35.5. The van der Waals surface area contributed by atoms with Gasteiger partial charge in [-0.25, -0.2) is 0 Å². The van der Waals surface area contributed by atoms with Gasteiger partial charge in [0.2, 0.25) is 5.91 Å². The van der Waals surface area contributed by atoms with Crippen molar-refractivity contribution in [2.75, 3.05) is 13.7 Å². The molecule has 1 aliphatic carbocycles. The fourth-order valence-corrected chi connectivity index (χ4v) is 4.85. The molecule has 1 fully saturated rings. The molecule has 0 aliphatic heterocycles. The second-order valence-corrected chi connectivity index (χ2v) is 8.13. The number of methoxy groups -OCH3 is 1. The van der Waals surface area contributed by atoms with Crippen molar-refractivity contribution in [2.24, 2.45) is 10.9 Å². The van der Waals surface area contributed by atoms with Gasteiger partial charge in [-0.3, -0.25) is 4.79 Å². The quantitative estimate of drug-likeness (QED) is 0.723. The van der Waals surface area contributed by atoms with Crippen LogP contribution in [0.3, 0.4) is 0 Å². The van der Waals surface area contributed by atoms with E-state index >= 15 is 0 Å². The fourth-order valence-electron chi connectivity index (χ4n) is 3.50. The van der Waals surface area contributed by atoms with Crippen molar-refractivity contribution < 1.29 is 9.53 Å². The second kappa shape index (κ2) is 8.97. The van der Waals surface area contributed by atoms with Crippen LogP contribution in [0.4, 0.5) is 0 Å². The minimum atomic E-state index is -0.0191. The average Bonchev–Trinajstić information content (AvgIpc) is 2.95. The molecule has 2 aromatic rings. The van der Waals surface area contributed by atoms with Crippen LogP contribution in [-0.4, -0.2) is 24.2 Å². The van der Waals surface area contributed by atoms with E-state index in [1.54, 1.807) is 7.11 Å². The van der Waals surface area contributed by atoms with Gasteiger partial charge in [0.25, 0.3) is 0 Å². The largest absolute Gasteiger partial charge is 0.383 e. The zero-order valence-corrected chi connectivity index (χ0v) is 16.2. The molecule has 1 aromatic heterocycles. The van der Waals surface area contributed by atoms with Crippen LogP contribution in [-0.2, 0) is 16.1 Å².